The van der Waals surface area contributed by atoms with Crippen molar-refractivity contribution in [1.29, 1.82) is 0 Å². The molecule has 1 heterocycles. The van der Waals surface area contributed by atoms with Gasteiger partial charge in [0, 0.05) is 12.8 Å². The fourth-order valence-corrected chi connectivity index (χ4v) is 2.34. The van der Waals surface area contributed by atoms with Gasteiger partial charge in [0.2, 0.25) is 0 Å². The zero-order chi connectivity index (χ0) is 10.9. The number of aliphatic carboxylic acids is 1. The summed E-state index contributed by atoms with van der Waals surface area (Å²) in [6, 6.07) is 0. The van der Waals surface area contributed by atoms with Gasteiger partial charge in [0.1, 0.15) is 0 Å². The smallest absolute Gasteiger partial charge is 0.306 e. The van der Waals surface area contributed by atoms with Gasteiger partial charge in [-0.3, -0.25) is 4.79 Å². The molecule has 1 aliphatic carbocycles. The van der Waals surface area contributed by atoms with Gasteiger partial charge in [-0.05, 0) is 12.8 Å². The van der Waals surface area contributed by atoms with Crippen LogP contribution in [0.5, 0.6) is 0 Å². The van der Waals surface area contributed by atoms with Crippen molar-refractivity contribution in [3.05, 3.63) is 0 Å². The molecule has 1 saturated heterocycles. The van der Waals surface area contributed by atoms with E-state index in [1.54, 1.807) is 0 Å². The van der Waals surface area contributed by atoms with E-state index in [9.17, 15) is 9.90 Å². The predicted octanol–water partition coefficient (Wildman–Crippen LogP) is 0.509. The molecule has 0 bridgehead atoms. The quantitative estimate of drug-likeness (QED) is 0.703. The number of hydrogen-bond acceptors (Lipinski definition) is 4. The molecule has 0 aromatic rings. The van der Waals surface area contributed by atoms with Gasteiger partial charge in [0.25, 0.3) is 0 Å². The van der Waals surface area contributed by atoms with Crippen LogP contribution in [0, 0.1) is 0 Å². The van der Waals surface area contributed by atoms with E-state index in [2.05, 4.69) is 0 Å². The van der Waals surface area contributed by atoms with Gasteiger partial charge in [-0.1, -0.05) is 0 Å². The highest BCUT2D eigenvalue weighted by Crippen LogP contribution is 2.41. The Morgan fingerprint density at radius 1 is 1.13 bits per heavy atom. The molecule has 5 nitrogen and oxygen atoms in total. The number of carboxylic acid groups (broad SMARTS) is 1. The lowest BCUT2D eigenvalue weighted by atomic mass is 9.79. The van der Waals surface area contributed by atoms with Crippen molar-refractivity contribution in [2.75, 3.05) is 13.2 Å². The summed E-state index contributed by atoms with van der Waals surface area (Å²) in [6.07, 6.45) is 1.83. The first-order valence-corrected chi connectivity index (χ1v) is 5.26. The van der Waals surface area contributed by atoms with E-state index in [1.807, 2.05) is 0 Å². The minimum atomic E-state index is -1.08. The second-order valence-corrected chi connectivity index (χ2v) is 4.40. The third-order valence-corrected chi connectivity index (χ3v) is 3.24. The van der Waals surface area contributed by atoms with Gasteiger partial charge in [-0.25, -0.2) is 0 Å². The number of hydrogen-bond donors (Lipinski definition) is 2. The Morgan fingerprint density at radius 3 is 2.13 bits per heavy atom. The summed E-state index contributed by atoms with van der Waals surface area (Å²) >= 11 is 0. The number of carboxylic acids is 1. The van der Waals surface area contributed by atoms with Gasteiger partial charge in [0.05, 0.1) is 25.2 Å². The Kier molecular flexibility index (Phi) is 2.70. The molecule has 1 spiro atoms. The van der Waals surface area contributed by atoms with Crippen LogP contribution in [-0.4, -0.2) is 40.8 Å². The molecule has 0 radical (unpaired) electrons. The Morgan fingerprint density at radius 2 is 1.67 bits per heavy atom. The first kappa shape index (κ1) is 10.9. The summed E-state index contributed by atoms with van der Waals surface area (Å²) < 4.78 is 11.0. The number of rotatable bonds is 2. The molecule has 1 aliphatic heterocycles. The van der Waals surface area contributed by atoms with Crippen molar-refractivity contribution in [1.82, 2.24) is 0 Å². The average Bonchev–Trinajstić information content (AvgIpc) is 2.59. The number of aliphatic hydroxyl groups is 1. The van der Waals surface area contributed by atoms with E-state index in [0.29, 0.717) is 38.9 Å². The molecular weight excluding hydrogens is 200 g/mol. The van der Waals surface area contributed by atoms with Crippen molar-refractivity contribution >= 4 is 5.97 Å². The fourth-order valence-electron chi connectivity index (χ4n) is 2.34. The molecule has 0 unspecified atom stereocenters. The van der Waals surface area contributed by atoms with E-state index in [4.69, 9.17) is 14.6 Å². The largest absolute Gasteiger partial charge is 0.481 e. The van der Waals surface area contributed by atoms with Crippen LogP contribution in [0.25, 0.3) is 0 Å². The maximum Gasteiger partial charge on any atom is 0.306 e. The van der Waals surface area contributed by atoms with Crippen molar-refractivity contribution in [2.24, 2.45) is 0 Å². The molecular formula is C10H16O5. The maximum atomic E-state index is 10.6. The second kappa shape index (κ2) is 3.73. The molecule has 0 amide bonds. The summed E-state index contributed by atoms with van der Waals surface area (Å²) in [5.41, 5.74) is -1.08. The number of ether oxygens (including phenoxy) is 2. The van der Waals surface area contributed by atoms with Crippen LogP contribution in [0.15, 0.2) is 0 Å². The van der Waals surface area contributed by atoms with Crippen LogP contribution < -0.4 is 0 Å². The molecule has 1 saturated carbocycles. The fraction of sp³-hybridized carbons (Fsp3) is 0.900. The van der Waals surface area contributed by atoms with Crippen LogP contribution in [0.2, 0.25) is 0 Å². The van der Waals surface area contributed by atoms with Crippen LogP contribution in [-0.2, 0) is 14.3 Å². The normalized spacial score (nSPS) is 28.1. The first-order valence-electron chi connectivity index (χ1n) is 5.26. The zero-order valence-corrected chi connectivity index (χ0v) is 8.57. The minimum Gasteiger partial charge on any atom is -0.481 e. The van der Waals surface area contributed by atoms with Crippen LogP contribution in [0.4, 0.5) is 0 Å². The topological polar surface area (TPSA) is 76.0 Å². The molecule has 0 aromatic carbocycles. The highest BCUT2D eigenvalue weighted by molar-refractivity contribution is 5.68. The van der Waals surface area contributed by atoms with Gasteiger partial charge in [-0.15, -0.1) is 0 Å². The maximum absolute atomic E-state index is 10.6. The molecule has 86 valence electrons. The van der Waals surface area contributed by atoms with Gasteiger partial charge >= 0.3 is 5.97 Å². The second-order valence-electron chi connectivity index (χ2n) is 4.40. The minimum absolute atomic E-state index is 0.191. The third-order valence-electron chi connectivity index (χ3n) is 3.24. The van der Waals surface area contributed by atoms with Crippen molar-refractivity contribution < 1.29 is 24.5 Å². The van der Waals surface area contributed by atoms with Crippen molar-refractivity contribution in [2.45, 2.75) is 43.5 Å². The van der Waals surface area contributed by atoms with Crippen LogP contribution >= 0.6 is 0 Å². The molecule has 0 atom stereocenters. The highest BCUT2D eigenvalue weighted by Gasteiger charge is 2.46. The van der Waals surface area contributed by atoms with Gasteiger partial charge < -0.3 is 19.7 Å². The lowest BCUT2D eigenvalue weighted by Gasteiger charge is -2.39. The lowest BCUT2D eigenvalue weighted by Crippen LogP contribution is -2.44. The van der Waals surface area contributed by atoms with Crippen LogP contribution in [0.1, 0.15) is 32.1 Å². The predicted molar refractivity (Wildman–Crippen MR) is 50.3 cm³/mol. The van der Waals surface area contributed by atoms with E-state index in [-0.39, 0.29) is 6.42 Å². The summed E-state index contributed by atoms with van der Waals surface area (Å²) in [4.78, 5) is 10.6. The Bertz CT molecular complexity index is 247. The van der Waals surface area contributed by atoms with E-state index in [1.165, 1.54) is 0 Å². The summed E-state index contributed by atoms with van der Waals surface area (Å²) in [5, 5.41) is 18.7. The molecule has 5 heteroatoms. The Labute approximate surface area is 88.0 Å². The van der Waals surface area contributed by atoms with E-state index in [0.717, 1.165) is 0 Å². The van der Waals surface area contributed by atoms with Crippen molar-refractivity contribution in [3.63, 3.8) is 0 Å². The summed E-state index contributed by atoms with van der Waals surface area (Å²) in [7, 11) is 0. The Hall–Kier alpha value is -0.650. The highest BCUT2D eigenvalue weighted by atomic mass is 16.7. The molecule has 2 fully saturated rings. The third kappa shape index (κ3) is 2.30. The van der Waals surface area contributed by atoms with Crippen LogP contribution in [0.3, 0.4) is 0 Å². The van der Waals surface area contributed by atoms with E-state index < -0.39 is 17.4 Å². The molecule has 0 aromatic heterocycles. The zero-order valence-electron chi connectivity index (χ0n) is 8.57. The summed E-state index contributed by atoms with van der Waals surface area (Å²) in [6.45, 7) is 1.19. The summed E-state index contributed by atoms with van der Waals surface area (Å²) in [5.74, 6) is -1.49. The van der Waals surface area contributed by atoms with E-state index >= 15 is 0 Å². The standard InChI is InChI=1S/C10H16O5/c11-8(12)7-9(13)1-3-10(4-2-9)14-5-6-15-10/h13H,1-7H2,(H,11,12). The Balaban J connectivity index is 1.93. The van der Waals surface area contributed by atoms with Crippen molar-refractivity contribution in [3.8, 4) is 0 Å². The average molecular weight is 216 g/mol. The molecule has 2 rings (SSSR count). The number of carbonyl (C=O) groups is 1. The SMILES string of the molecule is O=C(O)CC1(O)CCC2(CC1)OCCO2. The monoisotopic (exact) mass is 216 g/mol. The molecule has 15 heavy (non-hydrogen) atoms. The first-order chi connectivity index (χ1) is 7.04. The molecule has 2 N–H and O–H groups in total. The lowest BCUT2D eigenvalue weighted by molar-refractivity contribution is -0.204. The molecule has 2 aliphatic rings. The van der Waals surface area contributed by atoms with Gasteiger partial charge in [-0.2, -0.15) is 0 Å². The van der Waals surface area contributed by atoms with Gasteiger partial charge in [0.15, 0.2) is 5.79 Å².